The lowest BCUT2D eigenvalue weighted by Gasteiger charge is -2.26. The zero-order valence-corrected chi connectivity index (χ0v) is 15.5. The van der Waals surface area contributed by atoms with Gasteiger partial charge in [-0.15, -0.1) is 0 Å². The molecular formula is C21H23N3O4. The summed E-state index contributed by atoms with van der Waals surface area (Å²) in [4.78, 5) is 36.6. The van der Waals surface area contributed by atoms with Gasteiger partial charge in [0.05, 0.1) is 5.56 Å². The van der Waals surface area contributed by atoms with Crippen molar-refractivity contribution in [1.29, 1.82) is 0 Å². The van der Waals surface area contributed by atoms with Crippen LogP contribution >= 0.6 is 0 Å². The molecule has 1 aliphatic heterocycles. The first-order valence-corrected chi connectivity index (χ1v) is 9.26. The van der Waals surface area contributed by atoms with Crippen molar-refractivity contribution in [1.82, 2.24) is 10.6 Å². The van der Waals surface area contributed by atoms with Gasteiger partial charge in [-0.25, -0.2) is 9.59 Å². The molecule has 7 heteroatoms. The number of aromatic carboxylic acids is 1. The van der Waals surface area contributed by atoms with Gasteiger partial charge in [-0.2, -0.15) is 0 Å². The number of rotatable bonds is 6. The van der Waals surface area contributed by atoms with Crippen LogP contribution in [0, 0.1) is 0 Å². The van der Waals surface area contributed by atoms with Gasteiger partial charge in [0.15, 0.2) is 0 Å². The molecule has 1 heterocycles. The lowest BCUT2D eigenvalue weighted by atomic mass is 10.1. The van der Waals surface area contributed by atoms with Crippen LogP contribution in [-0.2, 0) is 17.9 Å². The Kier molecular flexibility index (Phi) is 6.26. The maximum absolute atomic E-state index is 12.0. The monoisotopic (exact) mass is 381 g/mol. The Hall–Kier alpha value is -3.35. The standard InChI is InChI=1S/C21H23N3O4/c25-19-3-1-2-12-24(19)18-10-6-16(7-11-18)14-23-21(28)22-13-15-4-8-17(9-5-15)20(26)27/h4-11H,1-3,12-14H2,(H,26,27)(H2,22,23,28). The molecule has 1 saturated heterocycles. The third-order valence-corrected chi connectivity index (χ3v) is 4.68. The van der Waals surface area contributed by atoms with E-state index < -0.39 is 5.97 Å². The Morgan fingerprint density at radius 2 is 1.46 bits per heavy atom. The second-order valence-corrected chi connectivity index (χ2v) is 6.71. The van der Waals surface area contributed by atoms with E-state index in [1.165, 1.54) is 12.1 Å². The minimum Gasteiger partial charge on any atom is -0.478 e. The number of hydrogen-bond donors (Lipinski definition) is 3. The van der Waals surface area contributed by atoms with Crippen LogP contribution in [0.1, 0.15) is 40.7 Å². The van der Waals surface area contributed by atoms with Crippen LogP contribution in [0.3, 0.4) is 0 Å². The largest absolute Gasteiger partial charge is 0.478 e. The van der Waals surface area contributed by atoms with Crippen LogP contribution in [0.5, 0.6) is 0 Å². The maximum atomic E-state index is 12.0. The van der Waals surface area contributed by atoms with Gasteiger partial charge in [0, 0.05) is 31.7 Å². The molecule has 0 aliphatic carbocycles. The molecule has 2 aromatic rings. The molecule has 1 aliphatic rings. The number of nitrogens with one attached hydrogen (secondary N) is 2. The molecule has 0 radical (unpaired) electrons. The molecule has 0 bridgehead atoms. The Bertz CT molecular complexity index is 847. The predicted molar refractivity (Wildman–Crippen MR) is 105 cm³/mol. The van der Waals surface area contributed by atoms with Crippen LogP contribution in [0.4, 0.5) is 10.5 Å². The van der Waals surface area contributed by atoms with E-state index in [0.717, 1.165) is 36.2 Å². The number of piperidine rings is 1. The lowest BCUT2D eigenvalue weighted by molar-refractivity contribution is -0.119. The van der Waals surface area contributed by atoms with Crippen molar-refractivity contribution in [3.8, 4) is 0 Å². The van der Waals surface area contributed by atoms with Gasteiger partial charge < -0.3 is 20.6 Å². The highest BCUT2D eigenvalue weighted by molar-refractivity contribution is 5.94. The number of anilines is 1. The fourth-order valence-electron chi connectivity index (χ4n) is 3.06. The van der Waals surface area contributed by atoms with Crippen LogP contribution in [0.2, 0.25) is 0 Å². The average molecular weight is 381 g/mol. The van der Waals surface area contributed by atoms with E-state index in [0.29, 0.717) is 19.5 Å². The van der Waals surface area contributed by atoms with E-state index in [1.807, 2.05) is 29.2 Å². The van der Waals surface area contributed by atoms with Gasteiger partial charge in [-0.3, -0.25) is 4.79 Å². The molecule has 146 valence electrons. The van der Waals surface area contributed by atoms with Crippen molar-refractivity contribution in [3.63, 3.8) is 0 Å². The van der Waals surface area contributed by atoms with Crippen molar-refractivity contribution in [2.75, 3.05) is 11.4 Å². The van der Waals surface area contributed by atoms with Crippen molar-refractivity contribution in [3.05, 3.63) is 65.2 Å². The number of urea groups is 1. The summed E-state index contributed by atoms with van der Waals surface area (Å²) in [7, 11) is 0. The molecule has 3 N–H and O–H groups in total. The van der Waals surface area contributed by atoms with Gasteiger partial charge >= 0.3 is 12.0 Å². The van der Waals surface area contributed by atoms with Crippen molar-refractivity contribution < 1.29 is 19.5 Å². The third kappa shape index (κ3) is 5.09. The second-order valence-electron chi connectivity index (χ2n) is 6.71. The first-order valence-electron chi connectivity index (χ1n) is 9.26. The zero-order valence-electron chi connectivity index (χ0n) is 15.5. The predicted octanol–water partition coefficient (Wildman–Crippen LogP) is 2.90. The Balaban J connectivity index is 1.45. The minimum absolute atomic E-state index is 0.160. The molecule has 0 spiro atoms. The van der Waals surface area contributed by atoms with E-state index in [-0.39, 0.29) is 17.5 Å². The summed E-state index contributed by atoms with van der Waals surface area (Å²) in [6.07, 6.45) is 2.58. The van der Waals surface area contributed by atoms with E-state index in [2.05, 4.69) is 10.6 Å². The number of benzene rings is 2. The number of amides is 3. The number of carbonyl (C=O) groups excluding carboxylic acids is 2. The quantitative estimate of drug-likeness (QED) is 0.716. The highest BCUT2D eigenvalue weighted by Gasteiger charge is 2.19. The Labute approximate surface area is 163 Å². The molecule has 0 saturated carbocycles. The summed E-state index contributed by atoms with van der Waals surface area (Å²) in [6.45, 7) is 1.44. The summed E-state index contributed by atoms with van der Waals surface area (Å²) < 4.78 is 0. The smallest absolute Gasteiger partial charge is 0.335 e. The van der Waals surface area contributed by atoms with E-state index in [9.17, 15) is 14.4 Å². The first-order chi connectivity index (χ1) is 13.5. The molecule has 28 heavy (non-hydrogen) atoms. The fraction of sp³-hybridized carbons (Fsp3) is 0.286. The Morgan fingerprint density at radius 1 is 0.893 bits per heavy atom. The molecule has 0 atom stereocenters. The molecule has 3 amide bonds. The van der Waals surface area contributed by atoms with Crippen molar-refractivity contribution >= 4 is 23.6 Å². The SMILES string of the molecule is O=C(NCc1ccc(C(=O)O)cc1)NCc1ccc(N2CCCCC2=O)cc1. The molecule has 3 rings (SSSR count). The molecular weight excluding hydrogens is 358 g/mol. The van der Waals surface area contributed by atoms with E-state index in [4.69, 9.17) is 5.11 Å². The van der Waals surface area contributed by atoms with Crippen LogP contribution in [-0.4, -0.2) is 29.6 Å². The Morgan fingerprint density at radius 3 is 2.00 bits per heavy atom. The normalized spacial score (nSPS) is 13.9. The molecule has 1 fully saturated rings. The highest BCUT2D eigenvalue weighted by atomic mass is 16.4. The van der Waals surface area contributed by atoms with Crippen molar-refractivity contribution in [2.24, 2.45) is 0 Å². The van der Waals surface area contributed by atoms with Gasteiger partial charge in [0.25, 0.3) is 0 Å². The second kappa shape index (κ2) is 9.03. The molecule has 0 unspecified atom stereocenters. The van der Waals surface area contributed by atoms with Gasteiger partial charge in [-0.05, 0) is 48.2 Å². The summed E-state index contributed by atoms with van der Waals surface area (Å²) in [5.74, 6) is -0.819. The van der Waals surface area contributed by atoms with Gasteiger partial charge in [-0.1, -0.05) is 24.3 Å². The molecule has 0 aromatic heterocycles. The third-order valence-electron chi connectivity index (χ3n) is 4.68. The molecule has 2 aromatic carbocycles. The first kappa shape index (κ1) is 19.4. The average Bonchev–Trinajstić information content (AvgIpc) is 2.72. The van der Waals surface area contributed by atoms with Crippen molar-refractivity contribution in [2.45, 2.75) is 32.4 Å². The topological polar surface area (TPSA) is 98.7 Å². The van der Waals surface area contributed by atoms with Gasteiger partial charge in [0.1, 0.15) is 0 Å². The fourth-order valence-corrected chi connectivity index (χ4v) is 3.06. The summed E-state index contributed by atoms with van der Waals surface area (Å²) in [5, 5.41) is 14.4. The van der Waals surface area contributed by atoms with Crippen LogP contribution < -0.4 is 15.5 Å². The van der Waals surface area contributed by atoms with Crippen LogP contribution in [0.15, 0.2) is 48.5 Å². The summed E-state index contributed by atoms with van der Waals surface area (Å²) in [5.41, 5.74) is 2.86. The maximum Gasteiger partial charge on any atom is 0.335 e. The van der Waals surface area contributed by atoms with E-state index >= 15 is 0 Å². The molecule has 7 nitrogen and oxygen atoms in total. The van der Waals surface area contributed by atoms with Crippen LogP contribution in [0.25, 0.3) is 0 Å². The number of hydrogen-bond acceptors (Lipinski definition) is 3. The lowest BCUT2D eigenvalue weighted by Crippen LogP contribution is -2.35. The zero-order chi connectivity index (χ0) is 19.9. The number of carboxylic acid groups (broad SMARTS) is 1. The number of nitrogens with zero attached hydrogens (tertiary/aromatic N) is 1. The number of carbonyl (C=O) groups is 3. The van der Waals surface area contributed by atoms with Gasteiger partial charge in [0.2, 0.25) is 5.91 Å². The highest BCUT2D eigenvalue weighted by Crippen LogP contribution is 2.21. The summed E-state index contributed by atoms with van der Waals surface area (Å²) in [6, 6.07) is 13.7. The number of carboxylic acids is 1. The summed E-state index contributed by atoms with van der Waals surface area (Å²) >= 11 is 0. The van der Waals surface area contributed by atoms with E-state index in [1.54, 1.807) is 12.1 Å². The minimum atomic E-state index is -0.979.